The third-order valence-corrected chi connectivity index (χ3v) is 5.55. The molecule has 0 aliphatic carbocycles. The SMILES string of the molecule is CCCC1CCN(S(=O)(=O)c2ccc(N)nc2)CC1. The second kappa shape index (κ2) is 5.88. The van der Waals surface area contributed by atoms with Crippen LogP contribution in [0, 0.1) is 5.92 Å². The Bertz CT molecular complexity index is 505. The number of sulfonamides is 1. The summed E-state index contributed by atoms with van der Waals surface area (Å²) in [5.41, 5.74) is 5.48. The molecule has 0 spiro atoms. The number of anilines is 1. The molecule has 0 atom stereocenters. The van der Waals surface area contributed by atoms with Crippen LogP contribution in [0.3, 0.4) is 0 Å². The van der Waals surface area contributed by atoms with Gasteiger partial charge in [-0.2, -0.15) is 4.31 Å². The van der Waals surface area contributed by atoms with Crippen molar-refractivity contribution in [1.29, 1.82) is 0 Å². The average Bonchev–Trinajstić information content (AvgIpc) is 2.40. The third-order valence-electron chi connectivity index (χ3n) is 3.67. The Morgan fingerprint density at radius 1 is 1.37 bits per heavy atom. The van der Waals surface area contributed by atoms with Gasteiger partial charge in [0.05, 0.1) is 0 Å². The molecular formula is C13H21N3O2S. The molecule has 0 radical (unpaired) electrons. The Morgan fingerprint density at radius 2 is 2.05 bits per heavy atom. The number of nitrogen functional groups attached to an aromatic ring is 1. The molecule has 1 fully saturated rings. The number of nitrogens with two attached hydrogens (primary N) is 1. The van der Waals surface area contributed by atoms with Crippen LogP contribution >= 0.6 is 0 Å². The van der Waals surface area contributed by atoms with Gasteiger partial charge in [0.2, 0.25) is 10.0 Å². The van der Waals surface area contributed by atoms with Crippen molar-refractivity contribution in [3.05, 3.63) is 18.3 Å². The Hall–Kier alpha value is -1.14. The Kier molecular flexibility index (Phi) is 4.42. The van der Waals surface area contributed by atoms with Crippen LogP contribution in [-0.4, -0.2) is 30.8 Å². The molecule has 5 nitrogen and oxygen atoms in total. The van der Waals surface area contributed by atoms with Crippen LogP contribution in [0.2, 0.25) is 0 Å². The molecule has 2 heterocycles. The number of hydrogen-bond acceptors (Lipinski definition) is 4. The first-order valence-electron chi connectivity index (χ1n) is 6.75. The van der Waals surface area contributed by atoms with E-state index in [2.05, 4.69) is 11.9 Å². The van der Waals surface area contributed by atoms with Crippen LogP contribution in [-0.2, 0) is 10.0 Å². The molecular weight excluding hydrogens is 262 g/mol. The fraction of sp³-hybridized carbons (Fsp3) is 0.615. The summed E-state index contributed by atoms with van der Waals surface area (Å²) in [6.07, 6.45) is 5.60. The minimum atomic E-state index is -3.40. The summed E-state index contributed by atoms with van der Waals surface area (Å²) in [6, 6.07) is 3.05. The summed E-state index contributed by atoms with van der Waals surface area (Å²) in [5.74, 6) is 1.00. The standard InChI is InChI=1S/C13H21N3O2S/c1-2-3-11-6-8-16(9-7-11)19(17,18)12-4-5-13(14)15-10-12/h4-5,10-11H,2-3,6-9H2,1H3,(H2,14,15). The van der Waals surface area contributed by atoms with Gasteiger partial charge in [-0.25, -0.2) is 13.4 Å². The van der Waals surface area contributed by atoms with Gasteiger partial charge < -0.3 is 5.73 Å². The van der Waals surface area contributed by atoms with Gasteiger partial charge in [-0.05, 0) is 30.9 Å². The zero-order valence-corrected chi connectivity index (χ0v) is 12.1. The Balaban J connectivity index is 2.07. The molecule has 1 aromatic rings. The van der Waals surface area contributed by atoms with E-state index in [1.807, 2.05) is 0 Å². The van der Waals surface area contributed by atoms with Crippen LogP contribution in [0.4, 0.5) is 5.82 Å². The van der Waals surface area contributed by atoms with E-state index in [4.69, 9.17) is 5.73 Å². The maximum Gasteiger partial charge on any atom is 0.244 e. The molecule has 2 N–H and O–H groups in total. The van der Waals surface area contributed by atoms with Gasteiger partial charge in [0.25, 0.3) is 0 Å². The molecule has 19 heavy (non-hydrogen) atoms. The van der Waals surface area contributed by atoms with Gasteiger partial charge >= 0.3 is 0 Å². The van der Waals surface area contributed by atoms with E-state index in [0.717, 1.165) is 12.8 Å². The molecule has 0 unspecified atom stereocenters. The highest BCUT2D eigenvalue weighted by Gasteiger charge is 2.29. The van der Waals surface area contributed by atoms with Gasteiger partial charge in [0.1, 0.15) is 10.7 Å². The second-order valence-corrected chi connectivity index (χ2v) is 6.99. The lowest BCUT2D eigenvalue weighted by molar-refractivity contribution is 0.262. The van der Waals surface area contributed by atoms with Crippen molar-refractivity contribution < 1.29 is 8.42 Å². The lowest BCUT2D eigenvalue weighted by Crippen LogP contribution is -2.38. The van der Waals surface area contributed by atoms with Crippen molar-refractivity contribution >= 4 is 15.8 Å². The fourth-order valence-corrected chi connectivity index (χ4v) is 3.96. The third kappa shape index (κ3) is 3.25. The number of hydrogen-bond donors (Lipinski definition) is 1. The molecule has 1 saturated heterocycles. The van der Waals surface area contributed by atoms with Crippen LogP contribution in [0.1, 0.15) is 32.6 Å². The molecule has 2 rings (SSSR count). The highest BCUT2D eigenvalue weighted by Crippen LogP contribution is 2.26. The first-order valence-corrected chi connectivity index (χ1v) is 8.19. The smallest absolute Gasteiger partial charge is 0.244 e. The summed E-state index contributed by atoms with van der Waals surface area (Å²) < 4.78 is 26.4. The molecule has 0 saturated carbocycles. The lowest BCUT2D eigenvalue weighted by Gasteiger charge is -2.31. The van der Waals surface area contributed by atoms with Gasteiger partial charge in [0, 0.05) is 19.3 Å². The highest BCUT2D eigenvalue weighted by atomic mass is 32.2. The maximum absolute atomic E-state index is 12.4. The van der Waals surface area contributed by atoms with Gasteiger partial charge in [-0.15, -0.1) is 0 Å². The van der Waals surface area contributed by atoms with E-state index >= 15 is 0 Å². The van der Waals surface area contributed by atoms with Crippen LogP contribution in [0.25, 0.3) is 0 Å². The van der Waals surface area contributed by atoms with E-state index in [1.54, 1.807) is 4.31 Å². The van der Waals surface area contributed by atoms with Crippen LogP contribution in [0.15, 0.2) is 23.2 Å². The summed E-state index contributed by atoms with van der Waals surface area (Å²) >= 11 is 0. The number of aromatic nitrogens is 1. The summed E-state index contributed by atoms with van der Waals surface area (Å²) in [7, 11) is -3.40. The first-order chi connectivity index (χ1) is 9.04. The van der Waals surface area contributed by atoms with Crippen molar-refractivity contribution in [3.63, 3.8) is 0 Å². The topological polar surface area (TPSA) is 76.3 Å². The zero-order valence-electron chi connectivity index (χ0n) is 11.2. The second-order valence-electron chi connectivity index (χ2n) is 5.05. The van der Waals surface area contributed by atoms with E-state index in [0.29, 0.717) is 24.8 Å². The quantitative estimate of drug-likeness (QED) is 0.915. The fourth-order valence-electron chi connectivity index (χ4n) is 2.54. The Morgan fingerprint density at radius 3 is 2.58 bits per heavy atom. The van der Waals surface area contributed by atoms with Crippen molar-refractivity contribution in [3.8, 4) is 0 Å². The van der Waals surface area contributed by atoms with E-state index in [1.165, 1.54) is 31.2 Å². The van der Waals surface area contributed by atoms with Crippen molar-refractivity contribution in [1.82, 2.24) is 9.29 Å². The van der Waals surface area contributed by atoms with Gasteiger partial charge in [-0.1, -0.05) is 19.8 Å². The van der Waals surface area contributed by atoms with E-state index in [9.17, 15) is 8.42 Å². The number of piperidine rings is 1. The Labute approximate surface area is 114 Å². The van der Waals surface area contributed by atoms with Crippen molar-refractivity contribution in [2.24, 2.45) is 5.92 Å². The minimum absolute atomic E-state index is 0.232. The minimum Gasteiger partial charge on any atom is -0.384 e. The normalized spacial score (nSPS) is 18.6. The summed E-state index contributed by atoms with van der Waals surface area (Å²) in [6.45, 7) is 3.39. The van der Waals surface area contributed by atoms with Gasteiger partial charge in [0.15, 0.2) is 0 Å². The summed E-state index contributed by atoms with van der Waals surface area (Å²) in [5, 5.41) is 0. The number of rotatable bonds is 4. The molecule has 1 aliphatic heterocycles. The highest BCUT2D eigenvalue weighted by molar-refractivity contribution is 7.89. The first kappa shape index (κ1) is 14.3. The monoisotopic (exact) mass is 283 g/mol. The van der Waals surface area contributed by atoms with Crippen LogP contribution < -0.4 is 5.73 Å². The molecule has 1 aromatic heterocycles. The van der Waals surface area contributed by atoms with Crippen LogP contribution in [0.5, 0.6) is 0 Å². The maximum atomic E-state index is 12.4. The molecule has 1 aliphatic rings. The average molecular weight is 283 g/mol. The van der Waals surface area contributed by atoms with Crippen molar-refractivity contribution in [2.75, 3.05) is 18.8 Å². The van der Waals surface area contributed by atoms with Gasteiger partial charge in [-0.3, -0.25) is 0 Å². The number of pyridine rings is 1. The molecule has 0 aromatic carbocycles. The molecule has 106 valence electrons. The van der Waals surface area contributed by atoms with E-state index < -0.39 is 10.0 Å². The molecule has 0 bridgehead atoms. The molecule has 6 heteroatoms. The summed E-state index contributed by atoms with van der Waals surface area (Å²) in [4.78, 5) is 4.09. The predicted molar refractivity (Wildman–Crippen MR) is 75.0 cm³/mol. The largest absolute Gasteiger partial charge is 0.384 e. The lowest BCUT2D eigenvalue weighted by atomic mass is 9.94. The zero-order chi connectivity index (χ0) is 13.9. The number of nitrogens with zero attached hydrogens (tertiary/aromatic N) is 2. The molecule has 0 amide bonds. The van der Waals surface area contributed by atoms with Crippen molar-refractivity contribution in [2.45, 2.75) is 37.5 Å². The van der Waals surface area contributed by atoms with E-state index in [-0.39, 0.29) is 4.90 Å². The predicted octanol–water partition coefficient (Wildman–Crippen LogP) is 1.86.